The Hall–Kier alpha value is -1.18. The maximum absolute atomic E-state index is 14.3. The van der Waals surface area contributed by atoms with Gasteiger partial charge in [0.1, 0.15) is 0 Å². The highest BCUT2D eigenvalue weighted by molar-refractivity contribution is 5.28. The summed E-state index contributed by atoms with van der Waals surface area (Å²) < 4.78 is 28.2. The van der Waals surface area contributed by atoms with E-state index in [0.29, 0.717) is 11.1 Å². The van der Waals surface area contributed by atoms with Gasteiger partial charge in [-0.3, -0.25) is 0 Å². The molecule has 144 valence electrons. The summed E-state index contributed by atoms with van der Waals surface area (Å²) >= 11 is 0. The number of halogens is 2. The molecule has 0 atom stereocenters. The van der Waals surface area contributed by atoms with Gasteiger partial charge in [0.15, 0.2) is 11.6 Å². The maximum atomic E-state index is 14.3. The lowest BCUT2D eigenvalue weighted by Gasteiger charge is -2.37. The summed E-state index contributed by atoms with van der Waals surface area (Å²) in [5.41, 5.74) is 1.01. The Morgan fingerprint density at radius 1 is 0.885 bits per heavy atom. The van der Waals surface area contributed by atoms with E-state index in [1.54, 1.807) is 13.0 Å². The van der Waals surface area contributed by atoms with Crippen LogP contribution in [-0.4, -0.2) is 0 Å². The van der Waals surface area contributed by atoms with Gasteiger partial charge in [-0.05, 0) is 99.5 Å². The highest BCUT2D eigenvalue weighted by Crippen LogP contribution is 2.44. The molecular formula is C24H34F2. The standard InChI is InChI=1S/C24H34F2/c1-3-4-5-6-18-8-10-19(11-9-18)20-12-14-21(15-13-20)22-16-7-17(2)23(25)24(22)26/h5-7,16,18-21H,3-4,8-15H2,1-2H3/b6-5+. The number of aryl methyl sites for hydroxylation is 1. The summed E-state index contributed by atoms with van der Waals surface area (Å²) in [6.45, 7) is 3.86. The number of rotatable bonds is 5. The van der Waals surface area contributed by atoms with Crippen molar-refractivity contribution in [3.63, 3.8) is 0 Å². The number of hydrogen-bond donors (Lipinski definition) is 0. The average molecular weight is 361 g/mol. The topological polar surface area (TPSA) is 0 Å². The minimum Gasteiger partial charge on any atom is -0.203 e. The van der Waals surface area contributed by atoms with Gasteiger partial charge in [0.25, 0.3) is 0 Å². The van der Waals surface area contributed by atoms with Gasteiger partial charge in [-0.2, -0.15) is 0 Å². The zero-order chi connectivity index (χ0) is 18.5. The van der Waals surface area contributed by atoms with Crippen molar-refractivity contribution < 1.29 is 8.78 Å². The van der Waals surface area contributed by atoms with Gasteiger partial charge in [-0.1, -0.05) is 37.6 Å². The summed E-state index contributed by atoms with van der Waals surface area (Å²) in [4.78, 5) is 0. The van der Waals surface area contributed by atoms with E-state index in [9.17, 15) is 8.78 Å². The molecule has 26 heavy (non-hydrogen) atoms. The first-order valence-corrected chi connectivity index (χ1v) is 10.7. The molecule has 2 saturated carbocycles. The largest absolute Gasteiger partial charge is 0.203 e. The number of allylic oxidation sites excluding steroid dienone is 2. The SMILES string of the molecule is CCC/C=C/C1CCC(C2CCC(c3ccc(C)c(F)c3F)CC2)CC1. The molecule has 0 spiro atoms. The van der Waals surface area contributed by atoms with Crippen molar-refractivity contribution in [1.82, 2.24) is 0 Å². The Morgan fingerprint density at radius 2 is 1.50 bits per heavy atom. The lowest BCUT2D eigenvalue weighted by atomic mass is 9.68. The highest BCUT2D eigenvalue weighted by Gasteiger charge is 2.32. The molecule has 0 saturated heterocycles. The van der Waals surface area contributed by atoms with Crippen LogP contribution in [-0.2, 0) is 0 Å². The Balaban J connectivity index is 1.50. The molecule has 0 amide bonds. The predicted octanol–water partition coefficient (Wildman–Crippen LogP) is 7.71. The lowest BCUT2D eigenvalue weighted by molar-refractivity contribution is 0.170. The molecule has 0 N–H and O–H groups in total. The van der Waals surface area contributed by atoms with E-state index >= 15 is 0 Å². The van der Waals surface area contributed by atoms with Crippen LogP contribution in [0.2, 0.25) is 0 Å². The molecule has 0 nitrogen and oxygen atoms in total. The number of hydrogen-bond acceptors (Lipinski definition) is 0. The Bertz CT molecular complexity index is 603. The molecule has 0 aliphatic heterocycles. The molecule has 0 aromatic heterocycles. The van der Waals surface area contributed by atoms with E-state index in [2.05, 4.69) is 19.1 Å². The van der Waals surface area contributed by atoms with Gasteiger partial charge in [0.05, 0.1) is 0 Å². The van der Waals surface area contributed by atoms with Crippen molar-refractivity contribution in [2.24, 2.45) is 17.8 Å². The number of benzene rings is 1. The minimum atomic E-state index is -0.654. The molecular weight excluding hydrogens is 326 g/mol. The second-order valence-electron chi connectivity index (χ2n) is 8.60. The predicted molar refractivity (Wildman–Crippen MR) is 105 cm³/mol. The Labute approximate surface area is 158 Å². The second kappa shape index (κ2) is 9.15. The van der Waals surface area contributed by atoms with E-state index in [1.165, 1.54) is 51.4 Å². The van der Waals surface area contributed by atoms with Gasteiger partial charge in [0, 0.05) is 0 Å². The molecule has 0 bridgehead atoms. The van der Waals surface area contributed by atoms with E-state index in [1.807, 2.05) is 6.07 Å². The smallest absolute Gasteiger partial charge is 0.162 e. The first kappa shape index (κ1) is 19.6. The average Bonchev–Trinajstić information content (AvgIpc) is 2.67. The molecule has 0 unspecified atom stereocenters. The fourth-order valence-electron chi connectivity index (χ4n) is 5.14. The fourth-order valence-corrected chi connectivity index (χ4v) is 5.14. The van der Waals surface area contributed by atoms with Crippen molar-refractivity contribution in [3.8, 4) is 0 Å². The van der Waals surface area contributed by atoms with E-state index in [4.69, 9.17) is 0 Å². The molecule has 1 aromatic carbocycles. The zero-order valence-electron chi connectivity index (χ0n) is 16.4. The molecule has 2 heteroatoms. The fraction of sp³-hybridized carbons (Fsp3) is 0.667. The zero-order valence-corrected chi connectivity index (χ0v) is 16.4. The molecule has 1 aromatic rings. The van der Waals surface area contributed by atoms with Gasteiger partial charge in [-0.25, -0.2) is 8.78 Å². The summed E-state index contributed by atoms with van der Waals surface area (Å²) in [6, 6.07) is 3.54. The van der Waals surface area contributed by atoms with Crippen molar-refractivity contribution in [2.45, 2.75) is 84.0 Å². The lowest BCUT2D eigenvalue weighted by Crippen LogP contribution is -2.25. The maximum Gasteiger partial charge on any atom is 0.162 e. The molecule has 0 heterocycles. The normalized spacial score (nSPS) is 30.0. The van der Waals surface area contributed by atoms with Crippen molar-refractivity contribution in [3.05, 3.63) is 47.0 Å². The van der Waals surface area contributed by atoms with E-state index < -0.39 is 11.6 Å². The van der Waals surface area contributed by atoms with Gasteiger partial charge < -0.3 is 0 Å². The van der Waals surface area contributed by atoms with Crippen molar-refractivity contribution >= 4 is 0 Å². The molecule has 0 radical (unpaired) electrons. The third-order valence-electron chi connectivity index (χ3n) is 6.86. The van der Waals surface area contributed by atoms with Crippen LogP contribution < -0.4 is 0 Å². The second-order valence-corrected chi connectivity index (χ2v) is 8.60. The van der Waals surface area contributed by atoms with Gasteiger partial charge in [-0.15, -0.1) is 0 Å². The van der Waals surface area contributed by atoms with Crippen LogP contribution in [0.15, 0.2) is 24.3 Å². The van der Waals surface area contributed by atoms with Crippen molar-refractivity contribution in [1.29, 1.82) is 0 Å². The summed E-state index contributed by atoms with van der Waals surface area (Å²) in [5, 5.41) is 0. The summed E-state index contributed by atoms with van der Waals surface area (Å²) in [7, 11) is 0. The van der Waals surface area contributed by atoms with E-state index in [-0.39, 0.29) is 5.92 Å². The van der Waals surface area contributed by atoms with Gasteiger partial charge in [0.2, 0.25) is 0 Å². The highest BCUT2D eigenvalue weighted by atomic mass is 19.2. The summed E-state index contributed by atoms with van der Waals surface area (Å²) in [5.74, 6) is 1.39. The Morgan fingerprint density at radius 3 is 2.12 bits per heavy atom. The first-order chi connectivity index (χ1) is 12.6. The third-order valence-corrected chi connectivity index (χ3v) is 6.86. The van der Waals surface area contributed by atoms with Crippen molar-refractivity contribution in [2.75, 3.05) is 0 Å². The number of unbranched alkanes of at least 4 members (excludes halogenated alkanes) is 1. The van der Waals surface area contributed by atoms with Crippen LogP contribution in [0.1, 0.15) is 88.2 Å². The Kier molecular flexibility index (Phi) is 6.89. The minimum absolute atomic E-state index is 0.203. The van der Waals surface area contributed by atoms with Crippen LogP contribution in [0.3, 0.4) is 0 Å². The first-order valence-electron chi connectivity index (χ1n) is 10.7. The monoisotopic (exact) mass is 360 g/mol. The quantitative estimate of drug-likeness (QED) is 0.472. The van der Waals surface area contributed by atoms with Crippen LogP contribution in [0, 0.1) is 36.3 Å². The molecule has 2 aliphatic rings. The van der Waals surface area contributed by atoms with Gasteiger partial charge >= 0.3 is 0 Å². The van der Waals surface area contributed by atoms with Crippen LogP contribution in [0.4, 0.5) is 8.78 Å². The summed E-state index contributed by atoms with van der Waals surface area (Å²) in [6.07, 6.45) is 17.0. The van der Waals surface area contributed by atoms with Crippen LogP contribution in [0.25, 0.3) is 0 Å². The molecule has 2 aliphatic carbocycles. The molecule has 2 fully saturated rings. The van der Waals surface area contributed by atoms with E-state index in [0.717, 1.165) is 30.6 Å². The van der Waals surface area contributed by atoms with Crippen LogP contribution in [0.5, 0.6) is 0 Å². The molecule has 3 rings (SSSR count). The van der Waals surface area contributed by atoms with Crippen LogP contribution >= 0.6 is 0 Å². The third kappa shape index (κ3) is 4.56.